The SMILES string of the molecule is COC(=O)CCNC(=O)CN1CCOc2cc(C)ccc21. The molecular formula is C15H20N2O4. The zero-order valence-electron chi connectivity index (χ0n) is 12.3. The second-order valence-electron chi connectivity index (χ2n) is 4.92. The van der Waals surface area contributed by atoms with Gasteiger partial charge in [-0.2, -0.15) is 0 Å². The molecule has 0 spiro atoms. The van der Waals surface area contributed by atoms with Crippen LogP contribution in [-0.4, -0.2) is 45.2 Å². The molecule has 114 valence electrons. The van der Waals surface area contributed by atoms with Gasteiger partial charge in [-0.05, 0) is 24.6 Å². The van der Waals surface area contributed by atoms with Crippen LogP contribution in [-0.2, 0) is 14.3 Å². The van der Waals surface area contributed by atoms with Crippen molar-refractivity contribution in [2.45, 2.75) is 13.3 Å². The number of esters is 1. The Morgan fingerprint density at radius 3 is 3.00 bits per heavy atom. The van der Waals surface area contributed by atoms with Crippen molar-refractivity contribution in [2.24, 2.45) is 0 Å². The molecule has 1 aliphatic heterocycles. The maximum atomic E-state index is 11.9. The van der Waals surface area contributed by atoms with E-state index in [4.69, 9.17) is 4.74 Å². The number of hydrogen-bond donors (Lipinski definition) is 1. The van der Waals surface area contributed by atoms with E-state index in [9.17, 15) is 9.59 Å². The fraction of sp³-hybridized carbons (Fsp3) is 0.467. The van der Waals surface area contributed by atoms with Gasteiger partial charge in [0.2, 0.25) is 5.91 Å². The highest BCUT2D eigenvalue weighted by Crippen LogP contribution is 2.31. The summed E-state index contributed by atoms with van der Waals surface area (Å²) in [5.74, 6) is 0.360. The van der Waals surface area contributed by atoms with E-state index in [1.165, 1.54) is 7.11 Å². The van der Waals surface area contributed by atoms with Gasteiger partial charge in [-0.15, -0.1) is 0 Å². The first-order valence-electron chi connectivity index (χ1n) is 6.92. The molecule has 21 heavy (non-hydrogen) atoms. The predicted molar refractivity (Wildman–Crippen MR) is 78.5 cm³/mol. The predicted octanol–water partition coefficient (Wildman–Crippen LogP) is 0.873. The van der Waals surface area contributed by atoms with E-state index >= 15 is 0 Å². The third-order valence-electron chi connectivity index (χ3n) is 3.29. The quantitative estimate of drug-likeness (QED) is 0.816. The molecule has 6 heteroatoms. The van der Waals surface area contributed by atoms with E-state index in [0.717, 1.165) is 17.0 Å². The van der Waals surface area contributed by atoms with Crippen molar-refractivity contribution in [1.29, 1.82) is 0 Å². The van der Waals surface area contributed by atoms with Gasteiger partial charge in [0.15, 0.2) is 0 Å². The Kier molecular flexibility index (Phi) is 5.03. The Balaban J connectivity index is 1.89. The van der Waals surface area contributed by atoms with Gasteiger partial charge in [-0.3, -0.25) is 9.59 Å². The molecule has 0 aromatic heterocycles. The number of nitrogens with zero attached hydrogens (tertiary/aromatic N) is 1. The Labute approximate surface area is 124 Å². The van der Waals surface area contributed by atoms with Gasteiger partial charge in [0.25, 0.3) is 0 Å². The Morgan fingerprint density at radius 1 is 1.43 bits per heavy atom. The smallest absolute Gasteiger partial charge is 0.307 e. The number of hydrogen-bond acceptors (Lipinski definition) is 5. The summed E-state index contributed by atoms with van der Waals surface area (Å²) >= 11 is 0. The van der Waals surface area contributed by atoms with Crippen LogP contribution in [0.25, 0.3) is 0 Å². The van der Waals surface area contributed by atoms with Crippen molar-refractivity contribution in [3.8, 4) is 5.75 Å². The summed E-state index contributed by atoms with van der Waals surface area (Å²) in [4.78, 5) is 24.9. The maximum Gasteiger partial charge on any atom is 0.307 e. The molecule has 0 fully saturated rings. The molecule has 1 aromatic carbocycles. The minimum atomic E-state index is -0.331. The first-order chi connectivity index (χ1) is 10.1. The highest BCUT2D eigenvalue weighted by Gasteiger charge is 2.20. The lowest BCUT2D eigenvalue weighted by Gasteiger charge is -2.30. The van der Waals surface area contributed by atoms with Crippen LogP contribution in [0.5, 0.6) is 5.75 Å². The molecule has 0 bridgehead atoms. The molecule has 1 N–H and O–H groups in total. The van der Waals surface area contributed by atoms with Crippen LogP contribution in [0.4, 0.5) is 5.69 Å². The molecule has 1 amide bonds. The molecule has 0 aliphatic carbocycles. The zero-order chi connectivity index (χ0) is 15.2. The number of aryl methyl sites for hydroxylation is 1. The molecule has 1 heterocycles. The van der Waals surface area contributed by atoms with Gasteiger partial charge in [0, 0.05) is 6.54 Å². The third kappa shape index (κ3) is 4.11. The Hall–Kier alpha value is -2.24. The van der Waals surface area contributed by atoms with Gasteiger partial charge < -0.3 is 19.7 Å². The number of amides is 1. The standard InChI is InChI=1S/C15H20N2O4/c1-11-3-4-12-13(9-11)21-8-7-17(12)10-14(18)16-6-5-15(19)20-2/h3-4,9H,5-8,10H2,1-2H3,(H,16,18). The average Bonchev–Trinajstić information content (AvgIpc) is 2.47. The van der Waals surface area contributed by atoms with Crippen LogP contribution >= 0.6 is 0 Å². The van der Waals surface area contributed by atoms with Crippen LogP contribution in [0.3, 0.4) is 0 Å². The van der Waals surface area contributed by atoms with Gasteiger partial charge >= 0.3 is 5.97 Å². The van der Waals surface area contributed by atoms with Crippen molar-refractivity contribution >= 4 is 17.6 Å². The summed E-state index contributed by atoms with van der Waals surface area (Å²) < 4.78 is 10.1. The first-order valence-corrected chi connectivity index (χ1v) is 6.92. The van der Waals surface area contributed by atoms with Gasteiger partial charge in [0.1, 0.15) is 12.4 Å². The molecule has 0 saturated carbocycles. The Bertz CT molecular complexity index is 530. The number of fused-ring (bicyclic) bond motifs is 1. The molecule has 1 aliphatic rings. The topological polar surface area (TPSA) is 67.9 Å². The van der Waals surface area contributed by atoms with Gasteiger partial charge in [0.05, 0.1) is 32.3 Å². The fourth-order valence-corrected chi connectivity index (χ4v) is 2.18. The molecule has 0 saturated heterocycles. The van der Waals surface area contributed by atoms with E-state index < -0.39 is 0 Å². The number of nitrogens with one attached hydrogen (secondary N) is 1. The average molecular weight is 292 g/mol. The lowest BCUT2D eigenvalue weighted by atomic mass is 10.1. The van der Waals surface area contributed by atoms with E-state index in [1.807, 2.05) is 30.0 Å². The van der Waals surface area contributed by atoms with E-state index in [2.05, 4.69) is 10.1 Å². The second kappa shape index (κ2) is 6.97. The number of carbonyl (C=O) groups is 2. The van der Waals surface area contributed by atoms with Crippen molar-refractivity contribution in [2.75, 3.05) is 38.3 Å². The van der Waals surface area contributed by atoms with Crippen molar-refractivity contribution in [1.82, 2.24) is 5.32 Å². The van der Waals surface area contributed by atoms with Gasteiger partial charge in [-0.25, -0.2) is 0 Å². The number of ether oxygens (including phenoxy) is 2. The van der Waals surface area contributed by atoms with Crippen LogP contribution in [0, 0.1) is 6.92 Å². The zero-order valence-corrected chi connectivity index (χ0v) is 12.3. The maximum absolute atomic E-state index is 11.9. The number of anilines is 1. The summed E-state index contributed by atoms with van der Waals surface area (Å²) in [6.45, 7) is 3.77. The fourth-order valence-electron chi connectivity index (χ4n) is 2.18. The molecule has 0 atom stereocenters. The van der Waals surface area contributed by atoms with Crippen molar-refractivity contribution < 1.29 is 19.1 Å². The highest BCUT2D eigenvalue weighted by atomic mass is 16.5. The molecule has 6 nitrogen and oxygen atoms in total. The minimum Gasteiger partial charge on any atom is -0.490 e. The normalized spacial score (nSPS) is 13.1. The van der Waals surface area contributed by atoms with Crippen LogP contribution in [0.15, 0.2) is 18.2 Å². The molecule has 2 rings (SSSR count). The number of carbonyl (C=O) groups excluding carboxylic acids is 2. The summed E-state index contributed by atoms with van der Waals surface area (Å²) in [5.41, 5.74) is 2.05. The Morgan fingerprint density at radius 2 is 2.24 bits per heavy atom. The summed E-state index contributed by atoms with van der Waals surface area (Å²) in [5, 5.41) is 2.72. The van der Waals surface area contributed by atoms with E-state index in [-0.39, 0.29) is 31.4 Å². The van der Waals surface area contributed by atoms with E-state index in [1.54, 1.807) is 0 Å². The van der Waals surface area contributed by atoms with Crippen LogP contribution in [0.2, 0.25) is 0 Å². The lowest BCUT2D eigenvalue weighted by Crippen LogP contribution is -2.41. The van der Waals surface area contributed by atoms with Crippen LogP contribution < -0.4 is 15.0 Å². The second-order valence-corrected chi connectivity index (χ2v) is 4.92. The molecule has 0 radical (unpaired) electrons. The lowest BCUT2D eigenvalue weighted by molar-refractivity contribution is -0.140. The van der Waals surface area contributed by atoms with Crippen LogP contribution in [0.1, 0.15) is 12.0 Å². The van der Waals surface area contributed by atoms with Gasteiger partial charge in [-0.1, -0.05) is 6.07 Å². The highest BCUT2D eigenvalue weighted by molar-refractivity contribution is 5.82. The third-order valence-corrected chi connectivity index (χ3v) is 3.29. The monoisotopic (exact) mass is 292 g/mol. The van der Waals surface area contributed by atoms with Crippen molar-refractivity contribution in [3.05, 3.63) is 23.8 Å². The summed E-state index contributed by atoms with van der Waals surface area (Å²) in [7, 11) is 1.33. The molecular weight excluding hydrogens is 272 g/mol. The van der Waals surface area contributed by atoms with Crippen molar-refractivity contribution in [3.63, 3.8) is 0 Å². The summed E-state index contributed by atoms with van der Waals surface area (Å²) in [6.07, 6.45) is 0.182. The molecule has 0 unspecified atom stereocenters. The van der Waals surface area contributed by atoms with E-state index in [0.29, 0.717) is 13.2 Å². The summed E-state index contributed by atoms with van der Waals surface area (Å²) in [6, 6.07) is 5.93. The number of rotatable bonds is 5. The number of methoxy groups -OCH3 is 1. The molecule has 1 aromatic rings. The number of benzene rings is 1. The largest absolute Gasteiger partial charge is 0.490 e. The minimum absolute atomic E-state index is 0.118. The first kappa shape index (κ1) is 15.2.